The molecule has 2 heterocycles. The molecule has 0 saturated carbocycles. The molecule has 1 aliphatic rings. The summed E-state index contributed by atoms with van der Waals surface area (Å²) < 4.78 is 28.9. The summed E-state index contributed by atoms with van der Waals surface area (Å²) in [6.07, 6.45) is 1.41. The molecule has 0 radical (unpaired) electrons. The van der Waals surface area contributed by atoms with Crippen molar-refractivity contribution in [2.75, 3.05) is 31.1 Å². The highest BCUT2D eigenvalue weighted by Crippen LogP contribution is 2.24. The first-order valence-corrected chi connectivity index (χ1v) is 9.80. The molecule has 0 bridgehead atoms. The van der Waals surface area contributed by atoms with Crippen molar-refractivity contribution >= 4 is 21.4 Å². The number of nitro groups is 1. The normalized spacial score (nSPS) is 16.0. The molecule has 0 atom stereocenters. The summed E-state index contributed by atoms with van der Waals surface area (Å²) in [4.78, 5) is 12.6. The highest BCUT2D eigenvalue weighted by molar-refractivity contribution is 7.89. The molecule has 1 aromatic carbocycles. The smallest absolute Gasteiger partial charge is 0.269 e. The number of benzene rings is 1. The third-order valence-electron chi connectivity index (χ3n) is 4.64. The van der Waals surface area contributed by atoms with Gasteiger partial charge in [0.25, 0.3) is 5.69 Å². The predicted octanol–water partition coefficient (Wildman–Crippen LogP) is 1.63. The van der Waals surface area contributed by atoms with E-state index in [1.54, 1.807) is 23.7 Å². The molecule has 0 unspecified atom stereocenters. The number of nitro benzene ring substituents is 1. The molecule has 0 amide bonds. The molecule has 0 aliphatic carbocycles. The number of piperazine rings is 1. The van der Waals surface area contributed by atoms with Crippen LogP contribution >= 0.6 is 0 Å². The van der Waals surface area contributed by atoms with Gasteiger partial charge in [0.15, 0.2) is 0 Å². The first-order valence-electron chi connectivity index (χ1n) is 8.36. The van der Waals surface area contributed by atoms with Gasteiger partial charge in [0, 0.05) is 50.5 Å². The molecule has 9 nitrogen and oxygen atoms in total. The summed E-state index contributed by atoms with van der Waals surface area (Å²) in [5, 5.41) is 14.9. The lowest BCUT2D eigenvalue weighted by atomic mass is 10.2. The van der Waals surface area contributed by atoms with Gasteiger partial charge in [0.2, 0.25) is 10.0 Å². The molecule has 1 saturated heterocycles. The van der Waals surface area contributed by atoms with Gasteiger partial charge in [-0.25, -0.2) is 8.42 Å². The number of hydrogen-bond donors (Lipinski definition) is 0. The van der Waals surface area contributed by atoms with Crippen molar-refractivity contribution in [3.8, 4) is 0 Å². The van der Waals surface area contributed by atoms with Gasteiger partial charge in [-0.1, -0.05) is 0 Å². The van der Waals surface area contributed by atoms with Crippen LogP contribution in [0, 0.1) is 17.0 Å². The van der Waals surface area contributed by atoms with Crippen LogP contribution < -0.4 is 4.90 Å². The van der Waals surface area contributed by atoms with E-state index in [0.717, 1.165) is 5.69 Å². The van der Waals surface area contributed by atoms with Crippen molar-refractivity contribution in [2.45, 2.75) is 25.3 Å². The first-order chi connectivity index (χ1) is 12.3. The summed E-state index contributed by atoms with van der Waals surface area (Å²) in [7, 11) is -3.57. The standard InChI is InChI=1S/C16H21N5O4S/c1-3-20-13(2)16(12-17-20)26(24,25)19-10-8-18(9-11-19)14-4-6-15(7-5-14)21(22)23/h4-7,12H,3,8-11H2,1-2H3. The Morgan fingerprint density at radius 2 is 1.77 bits per heavy atom. The quantitative estimate of drug-likeness (QED) is 0.578. The summed E-state index contributed by atoms with van der Waals surface area (Å²) >= 11 is 0. The molecule has 3 rings (SSSR count). The van der Waals surface area contributed by atoms with Crippen LogP contribution in [0.5, 0.6) is 0 Å². The molecule has 10 heteroatoms. The fourth-order valence-electron chi connectivity index (χ4n) is 3.11. The fraction of sp³-hybridized carbons (Fsp3) is 0.438. The molecule has 2 aromatic rings. The second-order valence-electron chi connectivity index (χ2n) is 6.07. The SMILES string of the molecule is CCn1ncc(S(=O)(=O)N2CCN(c3ccc([N+](=O)[O-])cc3)CC2)c1C. The number of aryl methyl sites for hydroxylation is 1. The van der Waals surface area contributed by atoms with E-state index in [1.165, 1.54) is 22.6 Å². The molecule has 1 aliphatic heterocycles. The van der Waals surface area contributed by atoms with Gasteiger partial charge >= 0.3 is 0 Å². The number of non-ortho nitro benzene ring substituents is 1. The van der Waals surface area contributed by atoms with Gasteiger partial charge in [-0.3, -0.25) is 14.8 Å². The second kappa shape index (κ2) is 7.04. The lowest BCUT2D eigenvalue weighted by Crippen LogP contribution is -2.48. The van der Waals surface area contributed by atoms with Crippen molar-refractivity contribution in [1.29, 1.82) is 0 Å². The number of rotatable bonds is 5. The zero-order valence-electron chi connectivity index (χ0n) is 14.7. The Labute approximate surface area is 152 Å². The van der Waals surface area contributed by atoms with Crippen LogP contribution in [-0.2, 0) is 16.6 Å². The van der Waals surface area contributed by atoms with E-state index in [2.05, 4.69) is 5.10 Å². The van der Waals surface area contributed by atoms with E-state index < -0.39 is 14.9 Å². The van der Waals surface area contributed by atoms with E-state index in [9.17, 15) is 18.5 Å². The topological polar surface area (TPSA) is 102 Å². The molecular formula is C16H21N5O4S. The van der Waals surface area contributed by atoms with Crippen LogP contribution in [0.4, 0.5) is 11.4 Å². The van der Waals surface area contributed by atoms with Crippen LogP contribution in [0.2, 0.25) is 0 Å². The lowest BCUT2D eigenvalue weighted by Gasteiger charge is -2.35. The van der Waals surface area contributed by atoms with E-state index >= 15 is 0 Å². The van der Waals surface area contributed by atoms with Gasteiger partial charge in [0.05, 0.1) is 16.8 Å². The van der Waals surface area contributed by atoms with Crippen LogP contribution in [0.3, 0.4) is 0 Å². The summed E-state index contributed by atoms with van der Waals surface area (Å²) in [5.74, 6) is 0. The zero-order chi connectivity index (χ0) is 18.9. The highest BCUT2D eigenvalue weighted by Gasteiger charge is 2.31. The number of anilines is 1. The Morgan fingerprint density at radius 1 is 1.15 bits per heavy atom. The van der Waals surface area contributed by atoms with E-state index in [1.807, 2.05) is 11.8 Å². The van der Waals surface area contributed by atoms with Crippen LogP contribution in [0.25, 0.3) is 0 Å². The van der Waals surface area contributed by atoms with Crippen LogP contribution in [0.1, 0.15) is 12.6 Å². The van der Waals surface area contributed by atoms with E-state index in [4.69, 9.17) is 0 Å². The Bertz CT molecular complexity index is 899. The minimum atomic E-state index is -3.57. The minimum absolute atomic E-state index is 0.0402. The summed E-state index contributed by atoms with van der Waals surface area (Å²) in [5.41, 5.74) is 1.53. The van der Waals surface area contributed by atoms with Crippen LogP contribution in [0.15, 0.2) is 35.4 Å². The summed E-state index contributed by atoms with van der Waals surface area (Å²) in [6, 6.07) is 6.30. The van der Waals surface area contributed by atoms with Crippen molar-refractivity contribution in [3.63, 3.8) is 0 Å². The molecule has 1 aromatic heterocycles. The minimum Gasteiger partial charge on any atom is -0.369 e. The van der Waals surface area contributed by atoms with Gasteiger partial charge in [-0.2, -0.15) is 9.40 Å². The molecule has 0 spiro atoms. The van der Waals surface area contributed by atoms with Gasteiger partial charge in [0.1, 0.15) is 4.90 Å². The van der Waals surface area contributed by atoms with Crippen LogP contribution in [-0.4, -0.2) is 53.6 Å². The Morgan fingerprint density at radius 3 is 2.27 bits per heavy atom. The van der Waals surface area contributed by atoms with Crippen molar-refractivity contribution in [3.05, 3.63) is 46.3 Å². The molecule has 0 N–H and O–H groups in total. The highest BCUT2D eigenvalue weighted by atomic mass is 32.2. The average Bonchev–Trinajstić information content (AvgIpc) is 3.03. The fourth-order valence-corrected chi connectivity index (χ4v) is 4.69. The molecule has 26 heavy (non-hydrogen) atoms. The van der Waals surface area contributed by atoms with E-state index in [0.29, 0.717) is 38.4 Å². The van der Waals surface area contributed by atoms with Gasteiger partial charge in [-0.05, 0) is 26.0 Å². The zero-order valence-corrected chi connectivity index (χ0v) is 15.5. The maximum atomic E-state index is 12.9. The van der Waals surface area contributed by atoms with Crippen molar-refractivity contribution in [2.24, 2.45) is 0 Å². The Balaban J connectivity index is 1.71. The number of hydrogen-bond acceptors (Lipinski definition) is 6. The van der Waals surface area contributed by atoms with Crippen molar-refractivity contribution < 1.29 is 13.3 Å². The first kappa shape index (κ1) is 18.3. The lowest BCUT2D eigenvalue weighted by molar-refractivity contribution is -0.384. The number of aromatic nitrogens is 2. The summed E-state index contributed by atoms with van der Waals surface area (Å²) in [6.45, 7) is 6.06. The van der Waals surface area contributed by atoms with E-state index in [-0.39, 0.29) is 10.6 Å². The molecule has 140 valence electrons. The third-order valence-corrected chi connectivity index (χ3v) is 6.64. The molecule has 1 fully saturated rings. The third kappa shape index (κ3) is 3.29. The second-order valence-corrected chi connectivity index (χ2v) is 7.98. The maximum Gasteiger partial charge on any atom is 0.269 e. The number of sulfonamides is 1. The average molecular weight is 379 g/mol. The van der Waals surface area contributed by atoms with Gasteiger partial charge in [-0.15, -0.1) is 0 Å². The largest absolute Gasteiger partial charge is 0.369 e. The number of nitrogens with zero attached hydrogens (tertiary/aromatic N) is 5. The molecular weight excluding hydrogens is 358 g/mol. The Kier molecular flexibility index (Phi) is 4.97. The van der Waals surface area contributed by atoms with Crippen molar-refractivity contribution in [1.82, 2.24) is 14.1 Å². The predicted molar refractivity (Wildman–Crippen MR) is 96.7 cm³/mol. The monoisotopic (exact) mass is 379 g/mol. The maximum absolute atomic E-state index is 12.9. The van der Waals surface area contributed by atoms with Gasteiger partial charge < -0.3 is 4.90 Å². The Hall–Kier alpha value is -2.46.